The molecular formula is C18H20F3N3O. The molecule has 25 heavy (non-hydrogen) atoms. The minimum atomic E-state index is -4.42. The maximum atomic E-state index is 12.5. The van der Waals surface area contributed by atoms with E-state index in [9.17, 15) is 18.0 Å². The number of likely N-dealkylation sites (N-methyl/N-ethyl adjacent to an activating group) is 1. The van der Waals surface area contributed by atoms with Crippen molar-refractivity contribution < 1.29 is 18.0 Å². The molecule has 1 N–H and O–H groups in total. The molecule has 1 amide bonds. The third-order valence-electron chi connectivity index (χ3n) is 3.84. The lowest BCUT2D eigenvalue weighted by Crippen LogP contribution is -2.32. The number of aromatic nitrogens is 1. The molecule has 2 aromatic rings. The van der Waals surface area contributed by atoms with Crippen molar-refractivity contribution in [1.82, 2.24) is 9.88 Å². The predicted octanol–water partition coefficient (Wildman–Crippen LogP) is 3.79. The summed E-state index contributed by atoms with van der Waals surface area (Å²) in [7, 11) is 1.68. The van der Waals surface area contributed by atoms with Gasteiger partial charge in [0.2, 0.25) is 5.91 Å². The number of hydrogen-bond donors (Lipinski definition) is 1. The Bertz CT molecular complexity index is 742. The Kier molecular flexibility index (Phi) is 5.66. The summed E-state index contributed by atoms with van der Waals surface area (Å²) in [5, 5.41) is 2.74. The van der Waals surface area contributed by atoms with Crippen LogP contribution in [-0.4, -0.2) is 29.4 Å². The summed E-state index contributed by atoms with van der Waals surface area (Å²) in [5.74, 6) is 0.0444. The molecule has 0 atom stereocenters. The van der Waals surface area contributed by atoms with Crippen molar-refractivity contribution in [2.24, 2.45) is 0 Å². The number of nitrogens with zero attached hydrogens (tertiary/aromatic N) is 2. The maximum Gasteiger partial charge on any atom is 0.417 e. The van der Waals surface area contributed by atoms with Gasteiger partial charge < -0.3 is 10.2 Å². The number of carbonyl (C=O) groups is 1. The zero-order valence-corrected chi connectivity index (χ0v) is 14.3. The molecular weight excluding hydrogens is 331 g/mol. The number of pyridine rings is 1. The monoisotopic (exact) mass is 351 g/mol. The fourth-order valence-electron chi connectivity index (χ4n) is 2.33. The van der Waals surface area contributed by atoms with Crippen molar-refractivity contribution in [2.75, 3.05) is 18.9 Å². The summed E-state index contributed by atoms with van der Waals surface area (Å²) < 4.78 is 37.4. The zero-order chi connectivity index (χ0) is 18.6. The van der Waals surface area contributed by atoms with E-state index < -0.39 is 11.7 Å². The highest BCUT2D eigenvalue weighted by Gasteiger charge is 2.30. The first-order valence-corrected chi connectivity index (χ1v) is 7.74. The van der Waals surface area contributed by atoms with Crippen LogP contribution in [0.1, 0.15) is 22.3 Å². The number of nitrogens with one attached hydrogen (secondary N) is 1. The second-order valence-electron chi connectivity index (χ2n) is 5.96. The molecule has 0 aliphatic heterocycles. The lowest BCUT2D eigenvalue weighted by atomic mass is 10.1. The van der Waals surface area contributed by atoms with Gasteiger partial charge >= 0.3 is 6.18 Å². The summed E-state index contributed by atoms with van der Waals surface area (Å²) >= 11 is 0. The fraction of sp³-hybridized carbons (Fsp3) is 0.333. The van der Waals surface area contributed by atoms with E-state index in [1.54, 1.807) is 11.9 Å². The van der Waals surface area contributed by atoms with E-state index in [0.29, 0.717) is 6.54 Å². The van der Waals surface area contributed by atoms with Gasteiger partial charge in [0.05, 0.1) is 12.1 Å². The molecule has 7 heteroatoms. The van der Waals surface area contributed by atoms with Gasteiger partial charge in [-0.3, -0.25) is 4.79 Å². The Labute approximate surface area is 144 Å². The number of aryl methyl sites for hydroxylation is 2. The number of anilines is 1. The average molecular weight is 351 g/mol. The number of benzene rings is 1. The van der Waals surface area contributed by atoms with Gasteiger partial charge in [0.25, 0.3) is 0 Å². The van der Waals surface area contributed by atoms with Crippen LogP contribution in [0, 0.1) is 13.8 Å². The van der Waals surface area contributed by atoms with Crippen molar-refractivity contribution in [1.29, 1.82) is 0 Å². The van der Waals surface area contributed by atoms with E-state index in [-0.39, 0.29) is 18.3 Å². The molecule has 2 rings (SSSR count). The molecule has 4 nitrogen and oxygen atoms in total. The number of amides is 1. The summed E-state index contributed by atoms with van der Waals surface area (Å²) in [4.78, 5) is 17.4. The van der Waals surface area contributed by atoms with Gasteiger partial charge in [0.1, 0.15) is 5.82 Å². The molecule has 1 heterocycles. The predicted molar refractivity (Wildman–Crippen MR) is 90.1 cm³/mol. The van der Waals surface area contributed by atoms with E-state index >= 15 is 0 Å². The Balaban J connectivity index is 1.91. The minimum absolute atomic E-state index is 0.0419. The normalized spacial score (nSPS) is 11.3. The first-order chi connectivity index (χ1) is 11.7. The van der Waals surface area contributed by atoms with Crippen molar-refractivity contribution in [3.05, 3.63) is 58.8 Å². The standard InChI is InChI=1S/C18H20F3N3O/c1-12-4-5-14(13(2)8-12)11-24(3)17(25)10-23-16-7-6-15(9-22-16)18(19,20)21/h4-9H,10-11H2,1-3H3,(H,22,23). The third kappa shape index (κ3) is 5.20. The molecule has 1 aromatic carbocycles. The molecule has 0 spiro atoms. The lowest BCUT2D eigenvalue weighted by Gasteiger charge is -2.19. The van der Waals surface area contributed by atoms with Crippen LogP contribution in [0.2, 0.25) is 0 Å². The Morgan fingerprint density at radius 2 is 1.92 bits per heavy atom. The number of hydrogen-bond acceptors (Lipinski definition) is 3. The molecule has 0 radical (unpaired) electrons. The van der Waals surface area contributed by atoms with Gasteiger partial charge in [-0.25, -0.2) is 4.98 Å². The average Bonchev–Trinajstić information content (AvgIpc) is 2.54. The van der Waals surface area contributed by atoms with Gasteiger partial charge in [-0.05, 0) is 37.1 Å². The van der Waals surface area contributed by atoms with Gasteiger partial charge in [-0.1, -0.05) is 23.8 Å². The number of alkyl halides is 3. The van der Waals surface area contributed by atoms with Crippen LogP contribution in [0.15, 0.2) is 36.5 Å². The molecule has 1 aromatic heterocycles. The van der Waals surface area contributed by atoms with Gasteiger partial charge in [-0.15, -0.1) is 0 Å². The second-order valence-corrected chi connectivity index (χ2v) is 5.96. The first kappa shape index (κ1) is 18.8. The summed E-state index contributed by atoms with van der Waals surface area (Å²) in [6.07, 6.45) is -3.68. The van der Waals surface area contributed by atoms with Gasteiger partial charge in [0, 0.05) is 19.8 Å². The molecule has 134 valence electrons. The topological polar surface area (TPSA) is 45.2 Å². The minimum Gasteiger partial charge on any atom is -0.361 e. The quantitative estimate of drug-likeness (QED) is 0.891. The highest BCUT2D eigenvalue weighted by atomic mass is 19.4. The fourth-order valence-corrected chi connectivity index (χ4v) is 2.33. The smallest absolute Gasteiger partial charge is 0.361 e. The van der Waals surface area contributed by atoms with Gasteiger partial charge in [0.15, 0.2) is 0 Å². The Morgan fingerprint density at radius 3 is 2.48 bits per heavy atom. The molecule has 0 fully saturated rings. The molecule has 0 saturated heterocycles. The summed E-state index contributed by atoms with van der Waals surface area (Å²) in [5.41, 5.74) is 2.49. The van der Waals surface area contributed by atoms with Crippen LogP contribution in [0.5, 0.6) is 0 Å². The molecule has 0 unspecified atom stereocenters. The van der Waals surface area contributed by atoms with Crippen molar-refractivity contribution in [2.45, 2.75) is 26.6 Å². The summed E-state index contributed by atoms with van der Waals surface area (Å²) in [6, 6.07) is 8.17. The number of carbonyl (C=O) groups excluding carboxylic acids is 1. The highest BCUT2D eigenvalue weighted by Crippen LogP contribution is 2.28. The van der Waals surface area contributed by atoms with Crippen molar-refractivity contribution in [3.63, 3.8) is 0 Å². The van der Waals surface area contributed by atoms with Crippen LogP contribution < -0.4 is 5.32 Å². The SMILES string of the molecule is Cc1ccc(CN(C)C(=O)CNc2ccc(C(F)(F)F)cn2)c(C)c1. The number of rotatable bonds is 5. The van der Waals surface area contributed by atoms with Crippen LogP contribution in [0.25, 0.3) is 0 Å². The van der Waals surface area contributed by atoms with Crippen molar-refractivity contribution in [3.8, 4) is 0 Å². The van der Waals surface area contributed by atoms with Crippen LogP contribution >= 0.6 is 0 Å². The molecule has 0 aliphatic carbocycles. The zero-order valence-electron chi connectivity index (χ0n) is 14.3. The lowest BCUT2D eigenvalue weighted by molar-refractivity contribution is -0.137. The van der Waals surface area contributed by atoms with E-state index in [1.807, 2.05) is 26.0 Å². The molecule has 0 bridgehead atoms. The largest absolute Gasteiger partial charge is 0.417 e. The highest BCUT2D eigenvalue weighted by molar-refractivity contribution is 5.80. The van der Waals surface area contributed by atoms with E-state index in [0.717, 1.165) is 29.0 Å². The van der Waals surface area contributed by atoms with Crippen LogP contribution in [0.3, 0.4) is 0 Å². The first-order valence-electron chi connectivity index (χ1n) is 7.74. The number of halogens is 3. The van der Waals surface area contributed by atoms with Crippen LogP contribution in [-0.2, 0) is 17.5 Å². The Morgan fingerprint density at radius 1 is 1.20 bits per heavy atom. The van der Waals surface area contributed by atoms with E-state index in [4.69, 9.17) is 0 Å². The molecule has 0 aliphatic rings. The Hall–Kier alpha value is -2.57. The molecule has 0 saturated carbocycles. The maximum absolute atomic E-state index is 12.5. The third-order valence-corrected chi connectivity index (χ3v) is 3.84. The van der Waals surface area contributed by atoms with Crippen LogP contribution in [0.4, 0.5) is 19.0 Å². The van der Waals surface area contributed by atoms with E-state index in [1.165, 1.54) is 6.07 Å². The van der Waals surface area contributed by atoms with Gasteiger partial charge in [-0.2, -0.15) is 13.2 Å². The van der Waals surface area contributed by atoms with E-state index in [2.05, 4.69) is 16.4 Å². The summed E-state index contributed by atoms with van der Waals surface area (Å²) in [6.45, 7) is 4.42. The van der Waals surface area contributed by atoms with Crippen molar-refractivity contribution >= 4 is 11.7 Å². The second kappa shape index (κ2) is 7.55.